The smallest absolute Gasteiger partial charge is 0.354 e. The van der Waals surface area contributed by atoms with E-state index in [1.54, 1.807) is 12.3 Å². The number of aromatic amines is 1. The first kappa shape index (κ1) is 22.8. The van der Waals surface area contributed by atoms with Gasteiger partial charge >= 0.3 is 5.97 Å². The van der Waals surface area contributed by atoms with Crippen LogP contribution in [-0.2, 0) is 11.2 Å². The monoisotopic (exact) mass is 424 g/mol. The molecule has 166 valence electrons. The average Bonchev–Trinajstić information content (AvgIpc) is 3.41. The Morgan fingerprint density at radius 1 is 1.29 bits per heavy atom. The summed E-state index contributed by atoms with van der Waals surface area (Å²) in [6.07, 6.45) is 3.95. The van der Waals surface area contributed by atoms with E-state index in [4.69, 9.17) is 15.2 Å². The molecule has 1 aromatic carbocycles. The van der Waals surface area contributed by atoms with Crippen molar-refractivity contribution in [2.24, 2.45) is 5.73 Å². The number of carbonyl (C=O) groups is 1. The van der Waals surface area contributed by atoms with Crippen LogP contribution in [0.3, 0.4) is 0 Å². The number of ether oxygens (including phenoxy) is 2. The molecule has 7 heteroatoms. The van der Waals surface area contributed by atoms with Gasteiger partial charge in [0.15, 0.2) is 0 Å². The number of benzene rings is 1. The number of pyridine rings is 1. The van der Waals surface area contributed by atoms with Gasteiger partial charge in [0.25, 0.3) is 0 Å². The Labute approximate surface area is 183 Å². The summed E-state index contributed by atoms with van der Waals surface area (Å²) in [4.78, 5) is 21.1. The normalized spacial score (nSPS) is 16.2. The third-order valence-corrected chi connectivity index (χ3v) is 5.33. The van der Waals surface area contributed by atoms with E-state index >= 15 is 0 Å². The molecule has 2 aromatic heterocycles. The van der Waals surface area contributed by atoms with Gasteiger partial charge in [0.2, 0.25) is 0 Å². The Kier molecular flexibility index (Phi) is 8.03. The second kappa shape index (κ2) is 10.9. The van der Waals surface area contributed by atoms with Crippen LogP contribution >= 0.6 is 0 Å². The fraction of sp³-hybridized carbons (Fsp3) is 0.417. The number of likely N-dealkylation sites (tertiary alicyclic amines) is 1. The van der Waals surface area contributed by atoms with Gasteiger partial charge in [-0.05, 0) is 63.2 Å². The van der Waals surface area contributed by atoms with Gasteiger partial charge in [-0.25, -0.2) is 4.79 Å². The van der Waals surface area contributed by atoms with E-state index in [-0.39, 0.29) is 12.1 Å². The molecule has 0 aliphatic carbocycles. The number of nitrogens with two attached hydrogens (primary N) is 1. The molecule has 1 atom stereocenters. The topological polar surface area (TPSA) is 93.5 Å². The van der Waals surface area contributed by atoms with Crippen LogP contribution in [0.2, 0.25) is 0 Å². The van der Waals surface area contributed by atoms with Gasteiger partial charge in [0.05, 0.1) is 7.11 Å². The molecule has 0 radical (unpaired) electrons. The van der Waals surface area contributed by atoms with Crippen molar-refractivity contribution in [2.75, 3.05) is 26.7 Å². The van der Waals surface area contributed by atoms with Crippen molar-refractivity contribution in [1.82, 2.24) is 14.9 Å². The Balaban J connectivity index is 0.000000254. The first-order chi connectivity index (χ1) is 15.0. The molecule has 1 aliphatic rings. The molecule has 7 nitrogen and oxygen atoms in total. The largest absolute Gasteiger partial charge is 0.489 e. The number of H-pyrrole nitrogens is 1. The predicted octanol–water partition coefficient (Wildman–Crippen LogP) is 3.40. The summed E-state index contributed by atoms with van der Waals surface area (Å²) >= 11 is 0. The van der Waals surface area contributed by atoms with E-state index < -0.39 is 0 Å². The molecule has 0 saturated carbocycles. The molecule has 1 aliphatic heterocycles. The van der Waals surface area contributed by atoms with Crippen LogP contribution in [-0.4, -0.2) is 59.7 Å². The van der Waals surface area contributed by atoms with Crippen LogP contribution in [0.25, 0.3) is 10.9 Å². The molecule has 3 aromatic rings. The lowest BCUT2D eigenvalue weighted by atomic mass is 10.2. The number of nitrogens with zero attached hydrogens (tertiary/aromatic N) is 2. The van der Waals surface area contributed by atoms with Gasteiger partial charge in [-0.2, -0.15) is 0 Å². The third kappa shape index (κ3) is 6.29. The maximum atomic E-state index is 11.6. The average molecular weight is 425 g/mol. The maximum Gasteiger partial charge on any atom is 0.354 e. The summed E-state index contributed by atoms with van der Waals surface area (Å²) in [5.74, 6) is 0.487. The van der Waals surface area contributed by atoms with Gasteiger partial charge in [0, 0.05) is 48.3 Å². The Morgan fingerprint density at radius 3 is 2.77 bits per heavy atom. The Hall–Kier alpha value is -2.90. The highest BCUT2D eigenvalue weighted by molar-refractivity contribution is 5.95. The summed E-state index contributed by atoms with van der Waals surface area (Å²) < 4.78 is 10.8. The highest BCUT2D eigenvalue weighted by Gasteiger charge is 2.25. The minimum atomic E-state index is -0.359. The predicted molar refractivity (Wildman–Crippen MR) is 122 cm³/mol. The van der Waals surface area contributed by atoms with Crippen LogP contribution in [0.5, 0.6) is 5.75 Å². The molecule has 0 spiro atoms. The first-order valence-corrected chi connectivity index (χ1v) is 10.7. The Bertz CT molecular complexity index is 971. The van der Waals surface area contributed by atoms with E-state index in [2.05, 4.69) is 28.7 Å². The minimum Gasteiger partial charge on any atom is -0.489 e. The zero-order valence-electron chi connectivity index (χ0n) is 18.5. The molecule has 0 bridgehead atoms. The van der Waals surface area contributed by atoms with Crippen molar-refractivity contribution < 1.29 is 14.3 Å². The standard InChI is InChI=1S/C17H22N2O3.C7H10N2/c1-11(2)19-7-6-14(10-19)22-13-4-5-15-12(8-13)9-16(18-15)17(20)21-3;8-5-4-7-3-1-2-6-9-7/h4-5,8-9,11,14,18H,6-7,10H2,1-3H3;1-3,6H,4-5,8H2. The molecule has 3 N–H and O–H groups in total. The maximum absolute atomic E-state index is 11.6. The number of hydrogen-bond acceptors (Lipinski definition) is 6. The van der Waals surface area contributed by atoms with Crippen molar-refractivity contribution in [3.8, 4) is 5.75 Å². The van der Waals surface area contributed by atoms with Crippen LogP contribution in [0.4, 0.5) is 0 Å². The summed E-state index contributed by atoms with van der Waals surface area (Å²) in [6, 6.07) is 14.1. The first-order valence-electron chi connectivity index (χ1n) is 10.7. The quantitative estimate of drug-likeness (QED) is 0.589. The molecular weight excluding hydrogens is 392 g/mol. The van der Waals surface area contributed by atoms with Crippen LogP contribution in [0, 0.1) is 0 Å². The number of methoxy groups -OCH3 is 1. The summed E-state index contributed by atoms with van der Waals surface area (Å²) in [5.41, 5.74) is 7.76. The fourth-order valence-electron chi connectivity index (χ4n) is 3.61. The zero-order valence-corrected chi connectivity index (χ0v) is 18.5. The molecule has 1 unspecified atom stereocenters. The Morgan fingerprint density at radius 2 is 2.13 bits per heavy atom. The lowest BCUT2D eigenvalue weighted by Crippen LogP contribution is -2.30. The molecule has 1 saturated heterocycles. The van der Waals surface area contributed by atoms with Crippen molar-refractivity contribution in [2.45, 2.75) is 38.8 Å². The summed E-state index contributed by atoms with van der Waals surface area (Å²) in [5, 5.41) is 0.955. The van der Waals surface area contributed by atoms with Crippen LogP contribution < -0.4 is 10.5 Å². The van der Waals surface area contributed by atoms with Crippen molar-refractivity contribution in [1.29, 1.82) is 0 Å². The zero-order chi connectivity index (χ0) is 22.2. The minimum absolute atomic E-state index is 0.235. The van der Waals surface area contributed by atoms with Gasteiger partial charge in [-0.1, -0.05) is 6.07 Å². The number of fused-ring (bicyclic) bond motifs is 1. The van der Waals surface area contributed by atoms with E-state index in [9.17, 15) is 4.79 Å². The second-order valence-electron chi connectivity index (χ2n) is 7.90. The van der Waals surface area contributed by atoms with E-state index in [0.717, 1.165) is 48.3 Å². The highest BCUT2D eigenvalue weighted by Crippen LogP contribution is 2.25. The number of aromatic nitrogens is 2. The number of esters is 1. The SMILES string of the molecule is COC(=O)c1cc2cc(OC3CCN(C(C)C)C3)ccc2[nH]1.NCCc1ccccn1. The van der Waals surface area contributed by atoms with Crippen molar-refractivity contribution >= 4 is 16.9 Å². The van der Waals surface area contributed by atoms with Crippen molar-refractivity contribution in [3.05, 3.63) is 60.0 Å². The lowest BCUT2D eigenvalue weighted by molar-refractivity contribution is 0.0595. The van der Waals surface area contributed by atoms with Crippen LogP contribution in [0.1, 0.15) is 36.5 Å². The number of rotatable bonds is 6. The molecule has 0 amide bonds. The van der Waals surface area contributed by atoms with Gasteiger partial charge in [-0.15, -0.1) is 0 Å². The van der Waals surface area contributed by atoms with E-state index in [1.807, 2.05) is 36.4 Å². The lowest BCUT2D eigenvalue weighted by Gasteiger charge is -2.20. The van der Waals surface area contributed by atoms with Crippen LogP contribution in [0.15, 0.2) is 48.7 Å². The second-order valence-corrected chi connectivity index (χ2v) is 7.90. The number of carbonyl (C=O) groups excluding carboxylic acids is 1. The van der Waals surface area contributed by atoms with Gasteiger partial charge < -0.3 is 20.2 Å². The van der Waals surface area contributed by atoms with Crippen molar-refractivity contribution in [3.63, 3.8) is 0 Å². The fourth-order valence-corrected chi connectivity index (χ4v) is 3.61. The van der Waals surface area contributed by atoms with E-state index in [1.165, 1.54) is 7.11 Å². The number of nitrogens with one attached hydrogen (secondary N) is 1. The van der Waals surface area contributed by atoms with Gasteiger partial charge in [-0.3, -0.25) is 9.88 Å². The molecule has 31 heavy (non-hydrogen) atoms. The number of hydrogen-bond donors (Lipinski definition) is 2. The van der Waals surface area contributed by atoms with E-state index in [0.29, 0.717) is 18.3 Å². The summed E-state index contributed by atoms with van der Waals surface area (Å²) in [7, 11) is 1.38. The third-order valence-electron chi connectivity index (χ3n) is 5.33. The van der Waals surface area contributed by atoms with Gasteiger partial charge in [0.1, 0.15) is 17.5 Å². The summed E-state index contributed by atoms with van der Waals surface area (Å²) in [6.45, 7) is 7.15. The highest BCUT2D eigenvalue weighted by atomic mass is 16.5. The molecule has 1 fully saturated rings. The molecule has 4 rings (SSSR count). The molecular formula is C24H32N4O3. The molecule has 3 heterocycles.